The SMILES string of the molecule is COc1ccc(OC(CCN2CCN(Cc3ccccc3)CC2)c2ccc(Cl)cc2)cc1. The van der Waals surface area contributed by atoms with Crippen molar-refractivity contribution in [2.24, 2.45) is 0 Å². The van der Waals surface area contributed by atoms with E-state index < -0.39 is 0 Å². The van der Waals surface area contributed by atoms with E-state index in [1.165, 1.54) is 5.56 Å². The molecule has 0 bridgehead atoms. The molecule has 32 heavy (non-hydrogen) atoms. The maximum atomic E-state index is 6.40. The molecule has 0 aromatic heterocycles. The van der Waals surface area contributed by atoms with Crippen molar-refractivity contribution in [3.63, 3.8) is 0 Å². The molecule has 3 aromatic carbocycles. The Bertz CT molecular complexity index is 940. The first-order chi connectivity index (χ1) is 15.7. The number of benzene rings is 3. The number of piperazine rings is 1. The highest BCUT2D eigenvalue weighted by Gasteiger charge is 2.20. The minimum Gasteiger partial charge on any atom is -0.497 e. The first-order valence-corrected chi connectivity index (χ1v) is 11.6. The Labute approximate surface area is 196 Å². The van der Waals surface area contributed by atoms with Crippen molar-refractivity contribution in [2.45, 2.75) is 19.1 Å². The van der Waals surface area contributed by atoms with Crippen LogP contribution in [-0.2, 0) is 6.54 Å². The smallest absolute Gasteiger partial charge is 0.125 e. The van der Waals surface area contributed by atoms with Crippen LogP contribution in [0.3, 0.4) is 0 Å². The topological polar surface area (TPSA) is 24.9 Å². The number of nitrogens with zero attached hydrogens (tertiary/aromatic N) is 2. The fourth-order valence-electron chi connectivity index (χ4n) is 4.10. The van der Waals surface area contributed by atoms with Gasteiger partial charge in [-0.2, -0.15) is 0 Å². The third kappa shape index (κ3) is 6.49. The molecular weight excluding hydrogens is 420 g/mol. The predicted octanol–water partition coefficient (Wildman–Crippen LogP) is 5.68. The molecule has 0 spiro atoms. The van der Waals surface area contributed by atoms with Crippen LogP contribution in [0.1, 0.15) is 23.7 Å². The van der Waals surface area contributed by atoms with Gasteiger partial charge in [-0.15, -0.1) is 0 Å². The molecule has 1 aliphatic heterocycles. The summed E-state index contributed by atoms with van der Waals surface area (Å²) in [5.41, 5.74) is 2.53. The second-order valence-electron chi connectivity index (χ2n) is 8.23. The van der Waals surface area contributed by atoms with Crippen LogP contribution in [-0.4, -0.2) is 49.6 Å². The van der Waals surface area contributed by atoms with Crippen LogP contribution in [0.5, 0.6) is 11.5 Å². The zero-order valence-electron chi connectivity index (χ0n) is 18.6. The van der Waals surface area contributed by atoms with Crippen LogP contribution < -0.4 is 9.47 Å². The summed E-state index contributed by atoms with van der Waals surface area (Å²) in [6, 6.07) is 26.5. The molecule has 168 valence electrons. The van der Waals surface area contributed by atoms with E-state index in [4.69, 9.17) is 21.1 Å². The van der Waals surface area contributed by atoms with Gasteiger partial charge in [-0.25, -0.2) is 0 Å². The molecule has 5 heteroatoms. The predicted molar refractivity (Wildman–Crippen MR) is 131 cm³/mol. The molecule has 0 aliphatic carbocycles. The lowest BCUT2D eigenvalue weighted by Crippen LogP contribution is -2.46. The van der Waals surface area contributed by atoms with Crippen LogP contribution in [0.15, 0.2) is 78.9 Å². The maximum absolute atomic E-state index is 6.40. The summed E-state index contributed by atoms with van der Waals surface area (Å²) in [5.74, 6) is 1.67. The molecule has 1 aliphatic rings. The average Bonchev–Trinajstić information content (AvgIpc) is 2.84. The monoisotopic (exact) mass is 450 g/mol. The van der Waals surface area contributed by atoms with Crippen LogP contribution in [0.2, 0.25) is 5.02 Å². The summed E-state index contributed by atoms with van der Waals surface area (Å²) < 4.78 is 11.7. The second kappa shape index (κ2) is 11.4. The van der Waals surface area contributed by atoms with Crippen molar-refractivity contribution < 1.29 is 9.47 Å². The van der Waals surface area contributed by atoms with Crippen LogP contribution in [0.4, 0.5) is 0 Å². The highest BCUT2D eigenvalue weighted by Crippen LogP contribution is 2.28. The van der Waals surface area contributed by atoms with Crippen molar-refractivity contribution in [3.05, 3.63) is 95.0 Å². The maximum Gasteiger partial charge on any atom is 0.125 e. The molecule has 0 N–H and O–H groups in total. The normalized spacial score (nSPS) is 15.9. The Hall–Kier alpha value is -2.53. The van der Waals surface area contributed by atoms with Gasteiger partial charge in [0.1, 0.15) is 17.6 Å². The molecule has 1 fully saturated rings. The van der Waals surface area contributed by atoms with E-state index in [1.54, 1.807) is 7.11 Å². The molecule has 4 rings (SSSR count). The second-order valence-corrected chi connectivity index (χ2v) is 8.66. The van der Waals surface area contributed by atoms with E-state index >= 15 is 0 Å². The lowest BCUT2D eigenvalue weighted by Gasteiger charge is -2.35. The van der Waals surface area contributed by atoms with E-state index in [0.29, 0.717) is 0 Å². The first-order valence-electron chi connectivity index (χ1n) is 11.2. The van der Waals surface area contributed by atoms with E-state index in [0.717, 1.165) is 67.8 Å². The minimum absolute atomic E-state index is 0.0250. The molecule has 1 unspecified atom stereocenters. The number of rotatable bonds is 9. The first kappa shape index (κ1) is 22.7. The van der Waals surface area contributed by atoms with Gasteiger partial charge in [0, 0.05) is 50.7 Å². The van der Waals surface area contributed by atoms with Gasteiger partial charge in [0.05, 0.1) is 7.11 Å². The molecule has 1 saturated heterocycles. The molecule has 4 nitrogen and oxygen atoms in total. The van der Waals surface area contributed by atoms with Gasteiger partial charge < -0.3 is 14.4 Å². The summed E-state index contributed by atoms with van der Waals surface area (Å²) in [7, 11) is 1.67. The number of halogens is 1. The third-order valence-corrected chi connectivity index (χ3v) is 6.25. The summed E-state index contributed by atoms with van der Waals surface area (Å²) in [6.07, 6.45) is 0.898. The molecule has 0 radical (unpaired) electrons. The fourth-order valence-corrected chi connectivity index (χ4v) is 4.23. The van der Waals surface area contributed by atoms with Crippen LogP contribution >= 0.6 is 11.6 Å². The Morgan fingerprint density at radius 1 is 0.781 bits per heavy atom. The van der Waals surface area contributed by atoms with Crippen molar-refractivity contribution in [1.82, 2.24) is 9.80 Å². The number of hydrogen-bond acceptors (Lipinski definition) is 4. The van der Waals surface area contributed by atoms with Crippen LogP contribution in [0, 0.1) is 0 Å². The molecular formula is C27H31ClN2O2. The Morgan fingerprint density at radius 3 is 2.06 bits per heavy atom. The van der Waals surface area contributed by atoms with Gasteiger partial charge in [0.15, 0.2) is 0 Å². The van der Waals surface area contributed by atoms with E-state index in [-0.39, 0.29) is 6.10 Å². The van der Waals surface area contributed by atoms with Gasteiger partial charge in [-0.3, -0.25) is 4.90 Å². The van der Waals surface area contributed by atoms with E-state index in [2.05, 4.69) is 52.3 Å². The molecule has 3 aromatic rings. The minimum atomic E-state index is -0.0250. The lowest BCUT2D eigenvalue weighted by molar-refractivity contribution is 0.107. The third-order valence-electron chi connectivity index (χ3n) is 6.00. The van der Waals surface area contributed by atoms with E-state index in [9.17, 15) is 0 Å². The zero-order valence-corrected chi connectivity index (χ0v) is 19.4. The summed E-state index contributed by atoms with van der Waals surface area (Å²) >= 11 is 6.11. The fraction of sp³-hybridized carbons (Fsp3) is 0.333. The number of hydrogen-bond donors (Lipinski definition) is 0. The lowest BCUT2D eigenvalue weighted by atomic mass is 10.1. The molecule has 1 atom stereocenters. The van der Waals surface area contributed by atoms with Gasteiger partial charge >= 0.3 is 0 Å². The number of methoxy groups -OCH3 is 1. The molecule has 0 saturated carbocycles. The van der Waals surface area contributed by atoms with Crippen LogP contribution in [0.25, 0.3) is 0 Å². The zero-order chi connectivity index (χ0) is 22.2. The van der Waals surface area contributed by atoms with Gasteiger partial charge in [-0.05, 0) is 47.5 Å². The van der Waals surface area contributed by atoms with Crippen molar-refractivity contribution in [1.29, 1.82) is 0 Å². The summed E-state index contributed by atoms with van der Waals surface area (Å²) in [4.78, 5) is 5.08. The van der Waals surface area contributed by atoms with Crippen molar-refractivity contribution >= 4 is 11.6 Å². The summed E-state index contributed by atoms with van der Waals surface area (Å²) in [5, 5.41) is 0.742. The van der Waals surface area contributed by atoms with Gasteiger partial charge in [0.2, 0.25) is 0 Å². The van der Waals surface area contributed by atoms with Gasteiger partial charge in [-0.1, -0.05) is 54.1 Å². The molecule has 1 heterocycles. The largest absolute Gasteiger partial charge is 0.497 e. The highest BCUT2D eigenvalue weighted by molar-refractivity contribution is 6.30. The summed E-state index contributed by atoms with van der Waals surface area (Å²) in [6.45, 7) is 6.40. The van der Waals surface area contributed by atoms with Crippen molar-refractivity contribution in [3.8, 4) is 11.5 Å². The van der Waals surface area contributed by atoms with Crippen molar-refractivity contribution in [2.75, 3.05) is 39.8 Å². The Morgan fingerprint density at radius 2 is 1.41 bits per heavy atom. The molecule has 0 amide bonds. The number of ether oxygens (including phenoxy) is 2. The van der Waals surface area contributed by atoms with E-state index in [1.807, 2.05) is 36.4 Å². The average molecular weight is 451 g/mol. The van der Waals surface area contributed by atoms with Gasteiger partial charge in [0.25, 0.3) is 0 Å². The quantitative estimate of drug-likeness (QED) is 0.419. The Kier molecular flexibility index (Phi) is 8.05. The standard InChI is InChI=1S/C27H31ClN2O2/c1-31-25-11-13-26(14-12-25)32-27(23-7-9-24(28)10-8-23)15-16-29-17-19-30(20-18-29)21-22-5-3-2-4-6-22/h2-14,27H,15-21H2,1H3. The highest BCUT2D eigenvalue weighted by atomic mass is 35.5. The Balaban J connectivity index is 1.33.